The van der Waals surface area contributed by atoms with Gasteiger partial charge in [-0.2, -0.15) is 4.37 Å². The molecule has 0 aliphatic carbocycles. The van der Waals surface area contributed by atoms with Gasteiger partial charge in [-0.15, -0.1) is 0 Å². The number of aliphatic hydroxyl groups excluding tert-OH is 1. The number of rotatable bonds is 2. The standard InChI is InChI=1S/C16H17N5OS/c17-11-6-12(22)8-21(7-11)16-15-14(18-9-19-16)13(20-23-15)10-4-2-1-3-5-10/h1-5,9,11-12,22H,6-8,17H2. The molecule has 0 bridgehead atoms. The van der Waals surface area contributed by atoms with Crippen molar-refractivity contribution in [2.75, 3.05) is 18.0 Å². The van der Waals surface area contributed by atoms with Crippen LogP contribution in [0.25, 0.3) is 21.5 Å². The highest BCUT2D eigenvalue weighted by Gasteiger charge is 2.27. The highest BCUT2D eigenvalue weighted by Crippen LogP contribution is 2.34. The van der Waals surface area contributed by atoms with Crippen molar-refractivity contribution >= 4 is 27.6 Å². The van der Waals surface area contributed by atoms with Crippen LogP contribution >= 0.6 is 11.5 Å². The fraction of sp³-hybridized carbons (Fsp3) is 0.312. The Bertz CT molecular complexity index is 812. The van der Waals surface area contributed by atoms with Crippen LogP contribution in [0.1, 0.15) is 6.42 Å². The molecule has 7 heteroatoms. The third kappa shape index (κ3) is 2.67. The summed E-state index contributed by atoms with van der Waals surface area (Å²) in [6, 6.07) is 9.96. The fourth-order valence-corrected chi connectivity index (χ4v) is 3.92. The summed E-state index contributed by atoms with van der Waals surface area (Å²) in [6.45, 7) is 1.22. The largest absolute Gasteiger partial charge is 0.391 e. The Hall–Kier alpha value is -2.09. The first-order chi connectivity index (χ1) is 11.2. The van der Waals surface area contributed by atoms with E-state index < -0.39 is 6.10 Å². The molecule has 4 rings (SSSR count). The van der Waals surface area contributed by atoms with Crippen LogP contribution in [0.15, 0.2) is 36.7 Å². The molecule has 0 saturated carbocycles. The zero-order valence-electron chi connectivity index (χ0n) is 12.5. The number of hydrogen-bond donors (Lipinski definition) is 2. The molecule has 1 aliphatic rings. The summed E-state index contributed by atoms with van der Waals surface area (Å²) in [5.74, 6) is 0.809. The highest BCUT2D eigenvalue weighted by atomic mass is 32.1. The third-order valence-electron chi connectivity index (χ3n) is 4.05. The number of benzene rings is 1. The topological polar surface area (TPSA) is 88.2 Å². The van der Waals surface area contributed by atoms with Crippen molar-refractivity contribution in [1.82, 2.24) is 14.3 Å². The zero-order chi connectivity index (χ0) is 15.8. The summed E-state index contributed by atoms with van der Waals surface area (Å²) < 4.78 is 5.52. The number of aromatic nitrogens is 3. The normalized spacial score (nSPS) is 21.7. The van der Waals surface area contributed by atoms with Crippen LogP contribution in [0.2, 0.25) is 0 Å². The van der Waals surface area contributed by atoms with E-state index >= 15 is 0 Å². The zero-order valence-corrected chi connectivity index (χ0v) is 13.3. The summed E-state index contributed by atoms with van der Waals surface area (Å²) in [5, 5.41) is 9.99. The molecule has 1 saturated heterocycles. The van der Waals surface area contributed by atoms with Crippen molar-refractivity contribution in [2.45, 2.75) is 18.6 Å². The molecular formula is C16H17N5OS. The monoisotopic (exact) mass is 327 g/mol. The minimum absolute atomic E-state index is 0.0507. The lowest BCUT2D eigenvalue weighted by molar-refractivity contribution is 0.145. The van der Waals surface area contributed by atoms with E-state index in [9.17, 15) is 5.11 Å². The van der Waals surface area contributed by atoms with Crippen LogP contribution in [0.5, 0.6) is 0 Å². The summed E-state index contributed by atoms with van der Waals surface area (Å²) in [7, 11) is 0. The minimum atomic E-state index is -0.426. The number of fused-ring (bicyclic) bond motifs is 1. The van der Waals surface area contributed by atoms with Crippen molar-refractivity contribution in [3.8, 4) is 11.3 Å². The molecule has 6 nitrogen and oxygen atoms in total. The maximum atomic E-state index is 9.99. The number of anilines is 1. The first-order valence-corrected chi connectivity index (χ1v) is 8.34. The van der Waals surface area contributed by atoms with E-state index in [1.54, 1.807) is 6.33 Å². The molecule has 2 unspecified atom stereocenters. The van der Waals surface area contributed by atoms with Crippen molar-refractivity contribution in [3.05, 3.63) is 36.7 Å². The molecule has 2 aromatic heterocycles. The van der Waals surface area contributed by atoms with E-state index in [1.807, 2.05) is 35.2 Å². The molecule has 0 spiro atoms. The van der Waals surface area contributed by atoms with Crippen LogP contribution in [0.3, 0.4) is 0 Å². The molecule has 3 aromatic rings. The van der Waals surface area contributed by atoms with Gasteiger partial charge in [-0.1, -0.05) is 30.3 Å². The van der Waals surface area contributed by atoms with Gasteiger partial charge in [0.2, 0.25) is 0 Å². The van der Waals surface area contributed by atoms with Gasteiger partial charge in [-0.25, -0.2) is 9.97 Å². The lowest BCUT2D eigenvalue weighted by Gasteiger charge is -2.34. The van der Waals surface area contributed by atoms with E-state index in [4.69, 9.17) is 5.73 Å². The van der Waals surface area contributed by atoms with Gasteiger partial charge in [0, 0.05) is 24.7 Å². The molecule has 0 amide bonds. The maximum absolute atomic E-state index is 9.99. The Morgan fingerprint density at radius 2 is 2.00 bits per heavy atom. The maximum Gasteiger partial charge on any atom is 0.151 e. The van der Waals surface area contributed by atoms with E-state index in [0.29, 0.717) is 19.5 Å². The number of nitrogens with zero attached hydrogens (tertiary/aromatic N) is 4. The van der Waals surface area contributed by atoms with Crippen molar-refractivity contribution in [3.63, 3.8) is 0 Å². The lowest BCUT2D eigenvalue weighted by atomic mass is 10.0. The van der Waals surface area contributed by atoms with Gasteiger partial charge in [0.25, 0.3) is 0 Å². The SMILES string of the molecule is NC1CC(O)CN(c2ncnc3c(-c4ccccc4)nsc23)C1. The van der Waals surface area contributed by atoms with Crippen LogP contribution in [0, 0.1) is 0 Å². The van der Waals surface area contributed by atoms with Gasteiger partial charge in [-0.05, 0) is 18.0 Å². The molecule has 118 valence electrons. The Kier molecular flexibility index (Phi) is 3.68. The number of hydrogen-bond acceptors (Lipinski definition) is 7. The first-order valence-electron chi connectivity index (χ1n) is 7.57. The highest BCUT2D eigenvalue weighted by molar-refractivity contribution is 7.14. The Balaban J connectivity index is 1.79. The molecule has 2 atom stereocenters. The predicted octanol–water partition coefficient (Wildman–Crippen LogP) is 1.65. The molecular weight excluding hydrogens is 310 g/mol. The van der Waals surface area contributed by atoms with Crippen molar-refractivity contribution < 1.29 is 5.11 Å². The Labute approximate surface area is 137 Å². The molecule has 0 radical (unpaired) electrons. The Morgan fingerprint density at radius 1 is 1.17 bits per heavy atom. The van der Waals surface area contributed by atoms with Gasteiger partial charge < -0.3 is 15.7 Å². The van der Waals surface area contributed by atoms with Crippen LogP contribution in [-0.2, 0) is 0 Å². The second-order valence-electron chi connectivity index (χ2n) is 5.83. The van der Waals surface area contributed by atoms with E-state index in [0.717, 1.165) is 27.3 Å². The summed E-state index contributed by atoms with van der Waals surface area (Å²) >= 11 is 1.39. The van der Waals surface area contributed by atoms with Crippen LogP contribution in [-0.4, -0.2) is 44.7 Å². The number of nitrogens with two attached hydrogens (primary N) is 1. The molecule has 1 aliphatic heterocycles. The molecule has 3 N–H and O–H groups in total. The van der Waals surface area contributed by atoms with Crippen molar-refractivity contribution in [2.24, 2.45) is 5.73 Å². The molecule has 3 heterocycles. The lowest BCUT2D eigenvalue weighted by Crippen LogP contribution is -2.49. The molecule has 1 aromatic carbocycles. The average molecular weight is 327 g/mol. The number of β-amino-alcohol motifs (C(OH)–C–C–N with tert-alkyl or cyclic N) is 1. The van der Waals surface area contributed by atoms with E-state index in [-0.39, 0.29) is 6.04 Å². The van der Waals surface area contributed by atoms with Gasteiger partial charge >= 0.3 is 0 Å². The second kappa shape index (κ2) is 5.84. The van der Waals surface area contributed by atoms with Gasteiger partial charge in [0.1, 0.15) is 22.2 Å². The van der Waals surface area contributed by atoms with Crippen molar-refractivity contribution in [1.29, 1.82) is 0 Å². The molecule has 1 fully saturated rings. The number of piperidine rings is 1. The van der Waals surface area contributed by atoms with E-state index in [1.165, 1.54) is 11.5 Å². The van der Waals surface area contributed by atoms with Gasteiger partial charge in [-0.3, -0.25) is 0 Å². The van der Waals surface area contributed by atoms with E-state index in [2.05, 4.69) is 14.3 Å². The van der Waals surface area contributed by atoms with Gasteiger partial charge in [0.15, 0.2) is 5.82 Å². The quantitative estimate of drug-likeness (QED) is 0.744. The fourth-order valence-electron chi connectivity index (χ4n) is 3.05. The summed E-state index contributed by atoms with van der Waals surface area (Å²) in [6.07, 6.45) is 1.76. The second-order valence-corrected chi connectivity index (χ2v) is 6.60. The summed E-state index contributed by atoms with van der Waals surface area (Å²) in [4.78, 5) is 10.9. The minimum Gasteiger partial charge on any atom is -0.391 e. The third-order valence-corrected chi connectivity index (χ3v) is 4.88. The number of aliphatic hydroxyl groups is 1. The first kappa shape index (κ1) is 14.5. The average Bonchev–Trinajstić information content (AvgIpc) is 2.98. The predicted molar refractivity (Wildman–Crippen MR) is 91.5 cm³/mol. The summed E-state index contributed by atoms with van der Waals surface area (Å²) in [5.41, 5.74) is 8.79. The van der Waals surface area contributed by atoms with Crippen LogP contribution in [0.4, 0.5) is 5.82 Å². The smallest absolute Gasteiger partial charge is 0.151 e. The molecule has 23 heavy (non-hydrogen) atoms. The Morgan fingerprint density at radius 3 is 2.78 bits per heavy atom. The van der Waals surface area contributed by atoms with Gasteiger partial charge in [0.05, 0.1) is 6.10 Å². The van der Waals surface area contributed by atoms with Crippen LogP contribution < -0.4 is 10.6 Å².